The number of hydrogen-bond acceptors (Lipinski definition) is 6. The molecule has 0 unspecified atom stereocenters. The largest absolute Gasteiger partial charge is 0.344 e. The lowest BCUT2D eigenvalue weighted by Crippen LogP contribution is -2.03. The van der Waals surface area contributed by atoms with Crippen LogP contribution in [0.25, 0.3) is 0 Å². The molecule has 0 aromatic carbocycles. The molecule has 6 nitrogen and oxygen atoms in total. The summed E-state index contributed by atoms with van der Waals surface area (Å²) in [6.07, 6.45) is 8.13. The molecule has 0 amide bonds. The van der Waals surface area contributed by atoms with Gasteiger partial charge >= 0.3 is 0 Å². The van der Waals surface area contributed by atoms with Crippen molar-refractivity contribution in [3.8, 4) is 0 Å². The Labute approximate surface area is 88.5 Å². The van der Waals surface area contributed by atoms with Gasteiger partial charge in [0.2, 0.25) is 0 Å². The molecular formula is C8H32N6. The van der Waals surface area contributed by atoms with Crippen LogP contribution < -0.4 is 36.1 Å². The maximum absolute atomic E-state index is 5.16. The van der Waals surface area contributed by atoms with E-state index in [4.69, 9.17) is 11.5 Å². The zero-order valence-corrected chi connectivity index (χ0v) is 9.64. The van der Waals surface area contributed by atoms with Crippen LogP contribution in [-0.2, 0) is 0 Å². The highest BCUT2D eigenvalue weighted by Gasteiger charge is 1.95. The summed E-state index contributed by atoms with van der Waals surface area (Å²) in [6, 6.07) is 0. The zero-order chi connectivity index (χ0) is 7.66. The Morgan fingerprint density at radius 3 is 0.857 bits per heavy atom. The minimum atomic E-state index is 0. The molecule has 0 bridgehead atoms. The van der Waals surface area contributed by atoms with Crippen LogP contribution in [0.3, 0.4) is 0 Å². The first-order chi connectivity index (χ1) is 4.91. The summed E-state index contributed by atoms with van der Waals surface area (Å²) < 4.78 is 0. The molecule has 0 aromatic rings. The standard InChI is InChI=1S/C4H12N2.C4H8.4H3N/c5-3-1-2-4-6;1-2-4-3-1;;;;/h1-6H2;1-4H2;4*1H3. The van der Waals surface area contributed by atoms with Gasteiger partial charge in [-0.3, -0.25) is 0 Å². The summed E-state index contributed by atoms with van der Waals surface area (Å²) in [4.78, 5) is 0. The molecule has 14 heavy (non-hydrogen) atoms. The highest BCUT2D eigenvalue weighted by molar-refractivity contribution is 4.50. The lowest BCUT2D eigenvalue weighted by molar-refractivity contribution is 0.504. The fourth-order valence-corrected chi connectivity index (χ4v) is 0.539. The summed E-state index contributed by atoms with van der Waals surface area (Å²) in [5.74, 6) is 0. The molecule has 0 aromatic heterocycles. The lowest BCUT2D eigenvalue weighted by Gasteiger charge is -2.05. The Morgan fingerprint density at radius 1 is 0.571 bits per heavy atom. The van der Waals surface area contributed by atoms with Gasteiger partial charge in [0.25, 0.3) is 0 Å². The lowest BCUT2D eigenvalue weighted by atomic mass is 10.0. The van der Waals surface area contributed by atoms with E-state index in [1.54, 1.807) is 0 Å². The van der Waals surface area contributed by atoms with E-state index in [1.807, 2.05) is 0 Å². The van der Waals surface area contributed by atoms with Crippen molar-refractivity contribution in [3.05, 3.63) is 0 Å². The predicted octanol–water partition coefficient (Wildman–Crippen LogP) is 1.89. The van der Waals surface area contributed by atoms with Crippen molar-refractivity contribution >= 4 is 0 Å². The van der Waals surface area contributed by atoms with Gasteiger partial charge in [-0.2, -0.15) is 0 Å². The maximum atomic E-state index is 5.16. The normalized spacial score (nSPS) is 10.7. The van der Waals surface area contributed by atoms with Crippen LogP contribution in [0.2, 0.25) is 0 Å². The average Bonchev–Trinajstić information content (AvgIpc) is 1.79. The van der Waals surface area contributed by atoms with E-state index in [0.29, 0.717) is 0 Å². The third-order valence-corrected chi connectivity index (χ3v) is 1.66. The monoisotopic (exact) mass is 212 g/mol. The van der Waals surface area contributed by atoms with Crippen molar-refractivity contribution in [3.63, 3.8) is 0 Å². The second-order valence-electron chi connectivity index (χ2n) is 2.70. The summed E-state index contributed by atoms with van der Waals surface area (Å²) in [7, 11) is 0. The van der Waals surface area contributed by atoms with Gasteiger partial charge in [-0.05, 0) is 25.9 Å². The molecule has 0 radical (unpaired) electrons. The molecule has 0 spiro atoms. The Bertz CT molecular complexity index is 49.8. The molecule has 1 fully saturated rings. The fourth-order valence-electron chi connectivity index (χ4n) is 0.539. The molecule has 6 heteroatoms. The Balaban J connectivity index is -0.0000000307. The molecule has 1 aliphatic rings. The van der Waals surface area contributed by atoms with Gasteiger partial charge in [-0.25, -0.2) is 0 Å². The summed E-state index contributed by atoms with van der Waals surface area (Å²) in [5.41, 5.74) is 10.3. The molecule has 94 valence electrons. The van der Waals surface area contributed by atoms with Crippen molar-refractivity contribution in [2.45, 2.75) is 38.5 Å². The summed E-state index contributed by atoms with van der Waals surface area (Å²) in [5, 5.41) is 0. The second-order valence-corrected chi connectivity index (χ2v) is 2.70. The molecule has 0 aliphatic heterocycles. The molecule has 1 rings (SSSR count). The van der Waals surface area contributed by atoms with E-state index in [0.717, 1.165) is 25.9 Å². The topological polar surface area (TPSA) is 192 Å². The Kier molecular flexibility index (Phi) is 61.1. The van der Waals surface area contributed by atoms with Gasteiger partial charge in [-0.1, -0.05) is 25.7 Å². The van der Waals surface area contributed by atoms with Crippen LogP contribution in [0.4, 0.5) is 0 Å². The molecule has 0 heterocycles. The van der Waals surface area contributed by atoms with E-state index < -0.39 is 0 Å². The molecule has 1 saturated carbocycles. The van der Waals surface area contributed by atoms with Gasteiger partial charge < -0.3 is 36.1 Å². The number of unbranched alkanes of at least 4 members (excludes halogenated alkanes) is 1. The fraction of sp³-hybridized carbons (Fsp3) is 1.00. The van der Waals surface area contributed by atoms with Gasteiger partial charge in [0, 0.05) is 0 Å². The van der Waals surface area contributed by atoms with Crippen LogP contribution in [0.1, 0.15) is 38.5 Å². The quantitative estimate of drug-likeness (QED) is 0.386. The highest BCUT2D eigenvalue weighted by Crippen LogP contribution is 2.15. The SMILES string of the molecule is C1CCC1.N.N.N.N.NCCCCN. The number of hydrogen-bond donors (Lipinski definition) is 6. The van der Waals surface area contributed by atoms with Crippen LogP contribution in [0, 0.1) is 0 Å². The van der Waals surface area contributed by atoms with Gasteiger partial charge in [0.05, 0.1) is 0 Å². The minimum Gasteiger partial charge on any atom is -0.344 e. The third kappa shape index (κ3) is 29.8. The smallest absolute Gasteiger partial charge is 0.00768 e. The maximum Gasteiger partial charge on any atom is -0.00768 e. The van der Waals surface area contributed by atoms with Crippen LogP contribution in [0.5, 0.6) is 0 Å². The van der Waals surface area contributed by atoms with Crippen LogP contribution >= 0.6 is 0 Å². The van der Waals surface area contributed by atoms with Crippen LogP contribution in [0.15, 0.2) is 0 Å². The van der Waals surface area contributed by atoms with Crippen molar-refractivity contribution in [2.24, 2.45) is 11.5 Å². The average molecular weight is 212 g/mol. The van der Waals surface area contributed by atoms with Gasteiger partial charge in [0.1, 0.15) is 0 Å². The van der Waals surface area contributed by atoms with E-state index in [1.165, 1.54) is 25.7 Å². The summed E-state index contributed by atoms with van der Waals surface area (Å²) in [6.45, 7) is 1.55. The second kappa shape index (κ2) is 29.3. The highest BCUT2D eigenvalue weighted by atomic mass is 14.5. The van der Waals surface area contributed by atoms with Crippen LogP contribution in [-0.4, -0.2) is 13.1 Å². The van der Waals surface area contributed by atoms with Gasteiger partial charge in [-0.15, -0.1) is 0 Å². The van der Waals surface area contributed by atoms with E-state index in [9.17, 15) is 0 Å². The molecular weight excluding hydrogens is 180 g/mol. The van der Waals surface area contributed by atoms with E-state index >= 15 is 0 Å². The first kappa shape index (κ1) is 29.2. The zero-order valence-electron chi connectivity index (χ0n) is 9.64. The van der Waals surface area contributed by atoms with Crippen molar-refractivity contribution < 1.29 is 0 Å². The third-order valence-electron chi connectivity index (χ3n) is 1.66. The van der Waals surface area contributed by atoms with Crippen molar-refractivity contribution in [1.82, 2.24) is 24.6 Å². The minimum absolute atomic E-state index is 0. The van der Waals surface area contributed by atoms with E-state index in [-0.39, 0.29) is 24.6 Å². The molecule has 0 saturated heterocycles. The first-order valence-corrected chi connectivity index (χ1v) is 4.32. The molecule has 16 N–H and O–H groups in total. The number of rotatable bonds is 3. The van der Waals surface area contributed by atoms with E-state index in [2.05, 4.69) is 0 Å². The van der Waals surface area contributed by atoms with Gasteiger partial charge in [0.15, 0.2) is 0 Å². The van der Waals surface area contributed by atoms with Crippen molar-refractivity contribution in [2.75, 3.05) is 13.1 Å². The molecule has 0 atom stereocenters. The Hall–Kier alpha value is -0.240. The molecule has 1 aliphatic carbocycles. The predicted molar refractivity (Wildman–Crippen MR) is 65.9 cm³/mol. The Morgan fingerprint density at radius 2 is 0.786 bits per heavy atom. The number of nitrogens with two attached hydrogens (primary N) is 2. The van der Waals surface area contributed by atoms with Crippen molar-refractivity contribution in [1.29, 1.82) is 0 Å². The first-order valence-electron chi connectivity index (χ1n) is 4.32. The summed E-state index contributed by atoms with van der Waals surface area (Å²) >= 11 is 0.